The number of carbonyl (C=O) groups excluding carboxylic acids is 2. The molecule has 1 heterocycles. The highest BCUT2D eigenvalue weighted by Crippen LogP contribution is 2.22. The maximum Gasteiger partial charge on any atom is 0.323 e. The number of amides is 2. The van der Waals surface area contributed by atoms with E-state index >= 15 is 0 Å². The minimum atomic E-state index is -1.11. The summed E-state index contributed by atoms with van der Waals surface area (Å²) in [6.07, 6.45) is 0.608. The molecule has 2 aromatic carbocycles. The number of carbonyl (C=O) groups is 3. The molecule has 0 atom stereocenters. The molecule has 0 fully saturated rings. The number of carboxylic acid groups (broad SMARTS) is 1. The molecule has 0 spiro atoms. The Balaban J connectivity index is 1.71. The van der Waals surface area contributed by atoms with Gasteiger partial charge in [0, 0.05) is 35.4 Å². The summed E-state index contributed by atoms with van der Waals surface area (Å²) in [6.45, 7) is 1.46. The zero-order valence-corrected chi connectivity index (χ0v) is 17.9. The zero-order valence-electron chi connectivity index (χ0n) is 17.1. The first kappa shape index (κ1) is 22.1. The Hall–Kier alpha value is -3.58. The van der Waals surface area contributed by atoms with E-state index in [0.29, 0.717) is 28.4 Å². The number of nitrogens with zero attached hydrogens (tertiary/aromatic N) is 1. The molecule has 3 N–H and O–H groups in total. The van der Waals surface area contributed by atoms with Gasteiger partial charge in [-0.25, -0.2) is 4.79 Å². The highest BCUT2D eigenvalue weighted by atomic mass is 35.5. The Morgan fingerprint density at radius 1 is 1.03 bits per heavy atom. The molecule has 3 rings (SSSR count). The fourth-order valence-electron chi connectivity index (χ4n) is 3.31. The van der Waals surface area contributed by atoms with Gasteiger partial charge in [0.1, 0.15) is 6.54 Å². The molecule has 1 aromatic heterocycles. The molecular formula is C23H22ClN3O4. The van der Waals surface area contributed by atoms with Gasteiger partial charge < -0.3 is 20.3 Å². The van der Waals surface area contributed by atoms with E-state index in [4.69, 9.17) is 16.7 Å². The number of ketones is 1. The number of rotatable bonds is 7. The van der Waals surface area contributed by atoms with Crippen LogP contribution in [0.5, 0.6) is 0 Å². The van der Waals surface area contributed by atoms with Crippen LogP contribution in [0.25, 0.3) is 0 Å². The van der Waals surface area contributed by atoms with Crippen molar-refractivity contribution < 1.29 is 19.5 Å². The second kappa shape index (κ2) is 9.49. The highest BCUT2D eigenvalue weighted by Gasteiger charge is 2.18. The summed E-state index contributed by atoms with van der Waals surface area (Å²) in [5, 5.41) is 14.0. The van der Waals surface area contributed by atoms with E-state index in [-0.39, 0.29) is 5.78 Å². The Bertz CT molecular complexity index is 1120. The van der Waals surface area contributed by atoms with Crippen LogP contribution >= 0.6 is 11.6 Å². The first-order valence-electron chi connectivity index (χ1n) is 9.55. The molecule has 0 aliphatic carbocycles. The van der Waals surface area contributed by atoms with Crippen molar-refractivity contribution in [3.8, 4) is 0 Å². The average Bonchev–Trinajstić information content (AvgIpc) is 3.01. The van der Waals surface area contributed by atoms with Crippen molar-refractivity contribution in [3.63, 3.8) is 0 Å². The Labute approximate surface area is 184 Å². The van der Waals surface area contributed by atoms with Gasteiger partial charge in [0.25, 0.3) is 0 Å². The largest absolute Gasteiger partial charge is 0.480 e. The quantitative estimate of drug-likeness (QED) is 0.484. The first-order valence-corrected chi connectivity index (χ1v) is 9.93. The van der Waals surface area contributed by atoms with Gasteiger partial charge in [-0.2, -0.15) is 0 Å². The number of aliphatic carboxylic acids is 1. The Kier molecular flexibility index (Phi) is 6.77. The summed E-state index contributed by atoms with van der Waals surface area (Å²) >= 11 is 5.92. The van der Waals surface area contributed by atoms with Crippen molar-refractivity contribution in [1.29, 1.82) is 0 Å². The van der Waals surface area contributed by atoms with Crippen molar-refractivity contribution >= 4 is 35.1 Å². The van der Waals surface area contributed by atoms with Crippen LogP contribution in [0.15, 0.2) is 54.6 Å². The van der Waals surface area contributed by atoms with Gasteiger partial charge in [-0.05, 0) is 60.5 Å². The van der Waals surface area contributed by atoms with Crippen molar-refractivity contribution in [3.05, 3.63) is 87.7 Å². The second-order valence-corrected chi connectivity index (χ2v) is 7.57. The van der Waals surface area contributed by atoms with Crippen LogP contribution in [-0.4, -0.2) is 34.0 Å². The molecule has 3 aromatic rings. The molecule has 0 radical (unpaired) electrons. The molecule has 2 amide bonds. The number of urea groups is 1. The topological polar surface area (TPSA) is 100 Å². The van der Waals surface area contributed by atoms with Gasteiger partial charge in [-0.1, -0.05) is 23.7 Å². The van der Waals surface area contributed by atoms with Gasteiger partial charge in [-0.15, -0.1) is 0 Å². The van der Waals surface area contributed by atoms with E-state index in [1.54, 1.807) is 36.4 Å². The number of benzene rings is 2. The average molecular weight is 440 g/mol. The summed E-state index contributed by atoms with van der Waals surface area (Å²) in [5.74, 6) is -1.17. The van der Waals surface area contributed by atoms with Gasteiger partial charge in [0.15, 0.2) is 0 Å². The summed E-state index contributed by atoms with van der Waals surface area (Å²) < 4.78 is 1.90. The minimum Gasteiger partial charge on any atom is -0.480 e. The van der Waals surface area contributed by atoms with Gasteiger partial charge in [-0.3, -0.25) is 9.59 Å². The van der Waals surface area contributed by atoms with E-state index in [0.717, 1.165) is 16.8 Å². The lowest BCUT2D eigenvalue weighted by Crippen LogP contribution is -2.33. The minimum absolute atomic E-state index is 0.0603. The Morgan fingerprint density at radius 2 is 1.68 bits per heavy atom. The number of anilines is 1. The SMILES string of the molecule is Cc1cc(Cc2ccc(NC(=O)NCC(=O)O)cc2)n(C)c1C(=O)c1ccc(Cl)cc1. The second-order valence-electron chi connectivity index (χ2n) is 7.14. The lowest BCUT2D eigenvalue weighted by atomic mass is 10.1. The van der Waals surface area contributed by atoms with Crippen LogP contribution in [0.4, 0.5) is 10.5 Å². The van der Waals surface area contributed by atoms with E-state index in [2.05, 4.69) is 10.6 Å². The normalized spacial score (nSPS) is 10.5. The van der Waals surface area contributed by atoms with Crippen molar-refractivity contribution in [2.45, 2.75) is 13.3 Å². The van der Waals surface area contributed by atoms with Gasteiger partial charge in [0.05, 0.1) is 5.69 Å². The molecule has 160 valence electrons. The molecular weight excluding hydrogens is 418 g/mol. The lowest BCUT2D eigenvalue weighted by molar-refractivity contribution is -0.135. The van der Waals surface area contributed by atoms with Gasteiger partial charge >= 0.3 is 12.0 Å². The number of aryl methyl sites for hydroxylation is 1. The van der Waals surface area contributed by atoms with Crippen LogP contribution in [0.3, 0.4) is 0 Å². The molecule has 31 heavy (non-hydrogen) atoms. The lowest BCUT2D eigenvalue weighted by Gasteiger charge is -2.10. The maximum atomic E-state index is 13.0. The van der Waals surface area contributed by atoms with Crippen LogP contribution < -0.4 is 10.6 Å². The third-order valence-electron chi connectivity index (χ3n) is 4.84. The van der Waals surface area contributed by atoms with Crippen LogP contribution in [-0.2, 0) is 18.3 Å². The van der Waals surface area contributed by atoms with E-state index in [1.165, 1.54) is 0 Å². The van der Waals surface area contributed by atoms with Crippen molar-refractivity contribution in [2.24, 2.45) is 7.05 Å². The number of nitrogens with one attached hydrogen (secondary N) is 2. The highest BCUT2D eigenvalue weighted by molar-refractivity contribution is 6.30. The molecule has 8 heteroatoms. The summed E-state index contributed by atoms with van der Waals surface area (Å²) in [5.41, 5.74) is 4.64. The summed E-state index contributed by atoms with van der Waals surface area (Å²) in [4.78, 5) is 35.1. The van der Waals surface area contributed by atoms with Gasteiger partial charge in [0.2, 0.25) is 5.78 Å². The Morgan fingerprint density at radius 3 is 2.29 bits per heavy atom. The first-order chi connectivity index (χ1) is 14.7. The number of halogens is 1. The molecule has 0 saturated heterocycles. The fourth-order valence-corrected chi connectivity index (χ4v) is 3.43. The van der Waals surface area contributed by atoms with E-state index in [1.807, 2.05) is 36.7 Å². The third-order valence-corrected chi connectivity index (χ3v) is 5.09. The summed E-state index contributed by atoms with van der Waals surface area (Å²) in [7, 11) is 1.87. The predicted molar refractivity (Wildman–Crippen MR) is 119 cm³/mol. The van der Waals surface area contributed by atoms with E-state index < -0.39 is 18.5 Å². The molecule has 0 unspecified atom stereocenters. The summed E-state index contributed by atoms with van der Waals surface area (Å²) in [6, 6.07) is 15.5. The van der Waals surface area contributed by atoms with E-state index in [9.17, 15) is 14.4 Å². The predicted octanol–water partition coefficient (Wildman–Crippen LogP) is 4.01. The van der Waals surface area contributed by atoms with Crippen LogP contribution in [0.1, 0.15) is 32.9 Å². The van der Waals surface area contributed by atoms with Crippen molar-refractivity contribution in [2.75, 3.05) is 11.9 Å². The molecule has 0 aliphatic heterocycles. The monoisotopic (exact) mass is 439 g/mol. The number of aromatic nitrogens is 1. The smallest absolute Gasteiger partial charge is 0.323 e. The van der Waals surface area contributed by atoms with Crippen molar-refractivity contribution in [1.82, 2.24) is 9.88 Å². The van der Waals surface area contributed by atoms with Crippen LogP contribution in [0.2, 0.25) is 5.02 Å². The molecule has 0 aliphatic rings. The fraction of sp³-hybridized carbons (Fsp3) is 0.174. The third kappa shape index (κ3) is 5.52. The number of hydrogen-bond donors (Lipinski definition) is 3. The molecule has 0 saturated carbocycles. The number of hydrogen-bond acceptors (Lipinski definition) is 3. The maximum absolute atomic E-state index is 13.0. The molecule has 7 nitrogen and oxygen atoms in total. The molecule has 0 bridgehead atoms. The van der Waals surface area contributed by atoms with Crippen LogP contribution in [0, 0.1) is 6.92 Å². The number of carboxylic acids is 1. The zero-order chi connectivity index (χ0) is 22.5. The standard InChI is InChI=1S/C23H22ClN3O4/c1-14-11-19(27(2)21(14)22(30)16-5-7-17(24)8-6-16)12-15-3-9-18(10-4-15)26-23(31)25-13-20(28)29/h3-11H,12-13H2,1-2H3,(H,28,29)(H2,25,26,31).